The molecule has 22 heavy (non-hydrogen) atoms. The first-order valence-corrected chi connectivity index (χ1v) is 8.80. The zero-order chi connectivity index (χ0) is 15.4. The highest BCUT2D eigenvalue weighted by molar-refractivity contribution is 5.28. The Labute approximate surface area is 134 Å². The first-order valence-electron chi connectivity index (χ1n) is 8.80. The molecule has 120 valence electrons. The number of hydrogen-bond donors (Lipinski definition) is 1. The van der Waals surface area contributed by atoms with Gasteiger partial charge in [0.05, 0.1) is 7.11 Å². The summed E-state index contributed by atoms with van der Waals surface area (Å²) in [4.78, 5) is 0. The maximum absolute atomic E-state index is 5.35. The predicted molar refractivity (Wildman–Crippen MR) is 90.0 cm³/mol. The minimum atomic E-state index is 0.381. The van der Waals surface area contributed by atoms with Crippen molar-refractivity contribution < 1.29 is 4.74 Å². The summed E-state index contributed by atoms with van der Waals surface area (Å²) in [6.07, 6.45) is 8.50. The first kappa shape index (κ1) is 14.6. The summed E-state index contributed by atoms with van der Waals surface area (Å²) in [5.74, 6) is 1.91. The van der Waals surface area contributed by atoms with Gasteiger partial charge in [-0.1, -0.05) is 26.0 Å². The van der Waals surface area contributed by atoms with Gasteiger partial charge in [0.2, 0.25) is 0 Å². The van der Waals surface area contributed by atoms with E-state index >= 15 is 0 Å². The number of methoxy groups -OCH3 is 1. The van der Waals surface area contributed by atoms with Crippen LogP contribution in [0.15, 0.2) is 24.3 Å². The van der Waals surface area contributed by atoms with E-state index in [1.807, 2.05) is 6.07 Å². The fourth-order valence-corrected chi connectivity index (χ4v) is 6.72. The van der Waals surface area contributed by atoms with Gasteiger partial charge in [0.15, 0.2) is 0 Å². The Morgan fingerprint density at radius 1 is 1.09 bits per heavy atom. The van der Waals surface area contributed by atoms with Crippen LogP contribution in [-0.4, -0.2) is 12.6 Å². The molecule has 0 spiro atoms. The van der Waals surface area contributed by atoms with Gasteiger partial charge in [0.1, 0.15) is 5.75 Å². The van der Waals surface area contributed by atoms with E-state index in [0.29, 0.717) is 16.4 Å². The van der Waals surface area contributed by atoms with Crippen LogP contribution in [0.4, 0.5) is 0 Å². The van der Waals surface area contributed by atoms with E-state index in [0.717, 1.165) is 18.2 Å². The lowest BCUT2D eigenvalue weighted by Gasteiger charge is -2.65. The van der Waals surface area contributed by atoms with Crippen LogP contribution in [0.5, 0.6) is 5.75 Å². The van der Waals surface area contributed by atoms with Gasteiger partial charge in [-0.3, -0.25) is 0 Å². The number of hydrogen-bond acceptors (Lipinski definition) is 2. The van der Waals surface area contributed by atoms with E-state index in [2.05, 4.69) is 37.4 Å². The molecule has 4 aliphatic carbocycles. The van der Waals surface area contributed by atoms with Crippen LogP contribution >= 0.6 is 0 Å². The summed E-state index contributed by atoms with van der Waals surface area (Å²) in [7, 11) is 1.74. The summed E-state index contributed by atoms with van der Waals surface area (Å²) in [6.45, 7) is 6.05. The van der Waals surface area contributed by atoms with Crippen LogP contribution in [-0.2, 0) is 6.54 Å². The van der Waals surface area contributed by atoms with Crippen LogP contribution < -0.4 is 10.1 Å². The van der Waals surface area contributed by atoms with Gasteiger partial charge in [-0.05, 0) is 73.0 Å². The predicted octanol–water partition coefficient (Wildman–Crippen LogP) is 4.53. The maximum Gasteiger partial charge on any atom is 0.119 e. The van der Waals surface area contributed by atoms with Gasteiger partial charge in [-0.25, -0.2) is 0 Å². The third kappa shape index (κ3) is 2.46. The Morgan fingerprint density at radius 2 is 1.82 bits per heavy atom. The Bertz CT molecular complexity index is 563. The molecule has 5 rings (SSSR count). The molecule has 1 aromatic carbocycles. The highest BCUT2D eigenvalue weighted by Gasteiger charge is 2.59. The lowest BCUT2D eigenvalue weighted by Crippen LogP contribution is -2.63. The summed E-state index contributed by atoms with van der Waals surface area (Å²) >= 11 is 0. The smallest absolute Gasteiger partial charge is 0.119 e. The van der Waals surface area contributed by atoms with E-state index in [9.17, 15) is 0 Å². The molecule has 1 aromatic rings. The summed E-state index contributed by atoms with van der Waals surface area (Å²) in [5.41, 5.74) is 2.88. The molecule has 2 heteroatoms. The summed E-state index contributed by atoms with van der Waals surface area (Å²) in [5, 5.41) is 3.99. The Morgan fingerprint density at radius 3 is 2.45 bits per heavy atom. The van der Waals surface area contributed by atoms with Crippen molar-refractivity contribution in [3.63, 3.8) is 0 Å². The van der Waals surface area contributed by atoms with Gasteiger partial charge in [0, 0.05) is 12.1 Å². The maximum atomic E-state index is 5.35. The van der Waals surface area contributed by atoms with Gasteiger partial charge >= 0.3 is 0 Å². The molecule has 0 aliphatic heterocycles. The van der Waals surface area contributed by atoms with Crippen molar-refractivity contribution in [2.45, 2.75) is 64.5 Å². The van der Waals surface area contributed by atoms with Crippen molar-refractivity contribution in [3.05, 3.63) is 29.8 Å². The SMILES string of the molecule is COc1cccc(CNC23CC4C[C@@](C)(C2)C[C@](C)(C4)C3)c1. The summed E-state index contributed by atoms with van der Waals surface area (Å²) < 4.78 is 5.35. The van der Waals surface area contributed by atoms with E-state index < -0.39 is 0 Å². The molecule has 0 aromatic heterocycles. The molecule has 1 N–H and O–H groups in total. The van der Waals surface area contributed by atoms with Crippen molar-refractivity contribution >= 4 is 0 Å². The second-order valence-corrected chi connectivity index (χ2v) is 9.12. The topological polar surface area (TPSA) is 21.3 Å². The molecule has 2 unspecified atom stereocenters. The van der Waals surface area contributed by atoms with Crippen molar-refractivity contribution in [3.8, 4) is 5.75 Å². The molecule has 0 heterocycles. The summed E-state index contributed by atoms with van der Waals surface area (Å²) in [6, 6.07) is 8.49. The van der Waals surface area contributed by atoms with Gasteiger partial charge in [0.25, 0.3) is 0 Å². The molecule has 4 aliphatic rings. The van der Waals surface area contributed by atoms with Gasteiger partial charge in [-0.15, -0.1) is 0 Å². The Kier molecular flexibility index (Phi) is 3.14. The minimum Gasteiger partial charge on any atom is -0.497 e. The van der Waals surface area contributed by atoms with Crippen molar-refractivity contribution in [1.82, 2.24) is 5.32 Å². The van der Waals surface area contributed by atoms with Gasteiger partial charge in [-0.2, -0.15) is 0 Å². The third-order valence-corrected chi connectivity index (χ3v) is 6.43. The van der Waals surface area contributed by atoms with Crippen molar-refractivity contribution in [2.24, 2.45) is 16.7 Å². The lowest BCUT2D eigenvalue weighted by molar-refractivity contribution is -0.118. The molecular weight excluding hydrogens is 270 g/mol. The quantitative estimate of drug-likeness (QED) is 0.881. The first-order chi connectivity index (χ1) is 10.4. The second-order valence-electron chi connectivity index (χ2n) is 9.12. The molecule has 4 bridgehead atoms. The van der Waals surface area contributed by atoms with Gasteiger partial charge < -0.3 is 10.1 Å². The van der Waals surface area contributed by atoms with E-state index in [4.69, 9.17) is 4.74 Å². The van der Waals surface area contributed by atoms with Crippen molar-refractivity contribution in [1.29, 1.82) is 0 Å². The normalized spacial score (nSPS) is 42.6. The highest BCUT2D eigenvalue weighted by Crippen LogP contribution is 2.66. The molecule has 0 saturated heterocycles. The fraction of sp³-hybridized carbons (Fsp3) is 0.700. The Hall–Kier alpha value is -1.02. The largest absolute Gasteiger partial charge is 0.497 e. The van der Waals surface area contributed by atoms with E-state index in [1.165, 1.54) is 44.1 Å². The highest BCUT2D eigenvalue weighted by atomic mass is 16.5. The average Bonchev–Trinajstić information content (AvgIpc) is 2.42. The number of ether oxygens (including phenoxy) is 1. The molecule has 4 saturated carbocycles. The molecule has 4 fully saturated rings. The molecule has 0 amide bonds. The molecule has 0 radical (unpaired) electrons. The van der Waals surface area contributed by atoms with Crippen LogP contribution in [0.2, 0.25) is 0 Å². The molecular formula is C20H29NO. The molecule has 2 nitrogen and oxygen atoms in total. The lowest BCUT2D eigenvalue weighted by atomic mass is 9.43. The number of nitrogens with one attached hydrogen (secondary N) is 1. The average molecular weight is 299 g/mol. The van der Waals surface area contributed by atoms with Crippen molar-refractivity contribution in [2.75, 3.05) is 7.11 Å². The van der Waals surface area contributed by atoms with Crippen LogP contribution in [0, 0.1) is 16.7 Å². The number of benzene rings is 1. The number of rotatable bonds is 4. The third-order valence-electron chi connectivity index (χ3n) is 6.43. The second kappa shape index (κ2) is 4.74. The zero-order valence-electron chi connectivity index (χ0n) is 14.2. The van der Waals surface area contributed by atoms with E-state index in [-0.39, 0.29) is 0 Å². The standard InChI is InChI=1S/C20H29NO/c1-18-8-16-9-19(2,12-18)14-20(10-16,13-18)21-11-15-5-4-6-17(7-15)22-3/h4-7,16,21H,8-14H2,1-3H3/t16?,18-,19+,20?. The van der Waals surface area contributed by atoms with E-state index in [1.54, 1.807) is 7.11 Å². The zero-order valence-corrected chi connectivity index (χ0v) is 14.2. The fourth-order valence-electron chi connectivity index (χ4n) is 6.72. The molecule has 4 atom stereocenters. The van der Waals surface area contributed by atoms with Crippen LogP contribution in [0.1, 0.15) is 57.9 Å². The van der Waals surface area contributed by atoms with Crippen LogP contribution in [0.25, 0.3) is 0 Å². The Balaban J connectivity index is 1.52. The van der Waals surface area contributed by atoms with Crippen LogP contribution in [0.3, 0.4) is 0 Å². The monoisotopic (exact) mass is 299 g/mol. The minimum absolute atomic E-state index is 0.381.